The molecule has 198 valence electrons. The van der Waals surface area contributed by atoms with Crippen LogP contribution in [-0.4, -0.2) is 58.4 Å². The minimum atomic E-state index is -0.339. The molecule has 3 heterocycles. The number of ether oxygens (including phenoxy) is 1. The normalized spacial score (nSPS) is 13.8. The molecule has 0 spiro atoms. The molecule has 6 rings (SSSR count). The molecule has 1 amide bonds. The summed E-state index contributed by atoms with van der Waals surface area (Å²) in [7, 11) is 3.35. The highest BCUT2D eigenvalue weighted by atomic mass is 35.5. The van der Waals surface area contributed by atoms with Gasteiger partial charge in [0.15, 0.2) is 5.69 Å². The molecule has 8 nitrogen and oxygen atoms in total. The van der Waals surface area contributed by atoms with Crippen molar-refractivity contribution in [3.63, 3.8) is 0 Å². The van der Waals surface area contributed by atoms with Crippen molar-refractivity contribution < 1.29 is 9.53 Å². The number of anilines is 1. The first-order chi connectivity index (χ1) is 18.9. The van der Waals surface area contributed by atoms with Gasteiger partial charge in [0.05, 0.1) is 17.8 Å². The highest BCUT2D eigenvalue weighted by Gasteiger charge is 2.29. The van der Waals surface area contributed by atoms with Gasteiger partial charge in [0.2, 0.25) is 0 Å². The summed E-state index contributed by atoms with van der Waals surface area (Å²) in [5.41, 5.74) is 2.65. The third kappa shape index (κ3) is 4.30. The number of hydrogen-bond acceptors (Lipinski definition) is 5. The minimum absolute atomic E-state index is 0.222. The molecule has 5 aromatic rings. The summed E-state index contributed by atoms with van der Waals surface area (Å²) in [6.07, 6.45) is 0. The molecule has 1 aliphatic rings. The van der Waals surface area contributed by atoms with E-state index in [1.54, 1.807) is 23.1 Å². The van der Waals surface area contributed by atoms with Crippen molar-refractivity contribution in [1.82, 2.24) is 19.2 Å². The summed E-state index contributed by atoms with van der Waals surface area (Å²) >= 11 is 12.4. The second kappa shape index (κ2) is 9.94. The van der Waals surface area contributed by atoms with E-state index in [1.807, 2.05) is 60.1 Å². The van der Waals surface area contributed by atoms with Gasteiger partial charge in [-0.25, -0.2) is 0 Å². The van der Waals surface area contributed by atoms with E-state index in [2.05, 4.69) is 10.00 Å². The lowest BCUT2D eigenvalue weighted by Crippen LogP contribution is -2.49. The zero-order chi connectivity index (χ0) is 27.3. The van der Waals surface area contributed by atoms with E-state index in [0.717, 1.165) is 16.6 Å². The van der Waals surface area contributed by atoms with Gasteiger partial charge in [-0.1, -0.05) is 41.4 Å². The number of rotatable bonds is 4. The molecule has 1 aliphatic heterocycles. The molecule has 0 aliphatic carbocycles. The van der Waals surface area contributed by atoms with Crippen LogP contribution in [0.3, 0.4) is 0 Å². The molecule has 0 atom stereocenters. The van der Waals surface area contributed by atoms with E-state index in [1.165, 1.54) is 11.8 Å². The second-order valence-corrected chi connectivity index (χ2v) is 10.3. The molecule has 39 heavy (non-hydrogen) atoms. The molecule has 0 unspecified atom stereocenters. The summed E-state index contributed by atoms with van der Waals surface area (Å²) in [5, 5.41) is 7.05. The first-order valence-corrected chi connectivity index (χ1v) is 13.3. The fourth-order valence-electron chi connectivity index (χ4n) is 5.26. The fraction of sp³-hybridized carbons (Fsp3) is 0.207. The SMILES string of the molecule is COc1ccc(-n2nc(C(=O)N3CCN(c4ccc(Cl)cc4)CC3)c3c4ccccc4n(C)c3c2=O)cc1Cl. The first-order valence-electron chi connectivity index (χ1n) is 12.5. The smallest absolute Gasteiger partial charge is 0.296 e. The molecule has 0 bridgehead atoms. The lowest BCUT2D eigenvalue weighted by Gasteiger charge is -2.36. The van der Waals surface area contributed by atoms with Gasteiger partial charge in [-0.2, -0.15) is 9.78 Å². The number of piperazine rings is 1. The standard InChI is InChI=1S/C29H25Cl2N5O3/c1-33-23-6-4-3-5-21(23)25-26(28(37)35-15-13-34(14-16-35)19-9-7-18(30)8-10-19)32-36(29(38)27(25)33)20-11-12-24(39-2)22(31)17-20/h3-12,17H,13-16H2,1-2H3. The summed E-state index contributed by atoms with van der Waals surface area (Å²) in [4.78, 5) is 31.9. The molecule has 0 saturated carbocycles. The third-order valence-corrected chi connectivity index (χ3v) is 7.83. The summed E-state index contributed by atoms with van der Waals surface area (Å²) in [6.45, 7) is 2.37. The van der Waals surface area contributed by atoms with Crippen molar-refractivity contribution in [2.75, 3.05) is 38.2 Å². The maximum Gasteiger partial charge on any atom is 0.296 e. The second-order valence-electron chi connectivity index (χ2n) is 9.44. The van der Waals surface area contributed by atoms with E-state index in [-0.39, 0.29) is 17.2 Å². The predicted molar refractivity (Wildman–Crippen MR) is 155 cm³/mol. The zero-order valence-electron chi connectivity index (χ0n) is 21.4. The van der Waals surface area contributed by atoms with Crippen LogP contribution in [0, 0.1) is 0 Å². The Morgan fingerprint density at radius 3 is 2.31 bits per heavy atom. The molecule has 0 N–H and O–H groups in total. The zero-order valence-corrected chi connectivity index (χ0v) is 22.9. The van der Waals surface area contributed by atoms with Gasteiger partial charge >= 0.3 is 0 Å². The van der Waals surface area contributed by atoms with Crippen molar-refractivity contribution in [2.24, 2.45) is 7.05 Å². The van der Waals surface area contributed by atoms with Gasteiger partial charge in [0.1, 0.15) is 11.3 Å². The van der Waals surface area contributed by atoms with Crippen LogP contribution in [0.1, 0.15) is 10.5 Å². The number of aromatic nitrogens is 3. The number of carbonyl (C=O) groups excluding carboxylic acids is 1. The van der Waals surface area contributed by atoms with Crippen LogP contribution in [0.15, 0.2) is 71.5 Å². The van der Waals surface area contributed by atoms with Crippen LogP contribution in [0.4, 0.5) is 5.69 Å². The first kappa shape index (κ1) is 25.3. The Balaban J connectivity index is 1.45. The van der Waals surface area contributed by atoms with Crippen LogP contribution < -0.4 is 15.2 Å². The molecular formula is C29H25Cl2N5O3. The summed E-state index contributed by atoms with van der Waals surface area (Å²) in [6, 6.07) is 20.3. The van der Waals surface area contributed by atoms with Gasteiger partial charge < -0.3 is 19.1 Å². The average Bonchev–Trinajstić information content (AvgIpc) is 3.26. The Bertz CT molecular complexity index is 1790. The van der Waals surface area contributed by atoms with E-state index in [4.69, 9.17) is 27.9 Å². The van der Waals surface area contributed by atoms with E-state index < -0.39 is 0 Å². The molecule has 0 radical (unpaired) electrons. The number of benzene rings is 3. The maximum atomic E-state index is 14.1. The van der Waals surface area contributed by atoms with Crippen LogP contribution in [0.2, 0.25) is 10.0 Å². The van der Waals surface area contributed by atoms with Crippen molar-refractivity contribution in [3.8, 4) is 11.4 Å². The average molecular weight is 562 g/mol. The Labute approximate surface area is 234 Å². The number of aryl methyl sites for hydroxylation is 1. The molecule has 10 heteroatoms. The molecule has 3 aromatic carbocycles. The summed E-state index contributed by atoms with van der Waals surface area (Å²) in [5.74, 6) is 0.259. The van der Waals surface area contributed by atoms with Crippen molar-refractivity contribution >= 4 is 56.6 Å². The molecule has 2 aromatic heterocycles. The number of methoxy groups -OCH3 is 1. The number of fused-ring (bicyclic) bond motifs is 3. The van der Waals surface area contributed by atoms with Gasteiger partial charge in [-0.3, -0.25) is 9.59 Å². The van der Waals surface area contributed by atoms with Crippen LogP contribution in [0.5, 0.6) is 5.75 Å². The molecule has 1 fully saturated rings. The van der Waals surface area contributed by atoms with Gasteiger partial charge in [-0.15, -0.1) is 0 Å². The van der Waals surface area contributed by atoms with E-state index in [9.17, 15) is 9.59 Å². The van der Waals surface area contributed by atoms with Crippen molar-refractivity contribution in [1.29, 1.82) is 0 Å². The molecule has 1 saturated heterocycles. The third-order valence-electron chi connectivity index (χ3n) is 7.28. The quantitative estimate of drug-likeness (QED) is 0.303. The fourth-order valence-corrected chi connectivity index (χ4v) is 5.64. The number of halogens is 2. The monoisotopic (exact) mass is 561 g/mol. The number of amides is 1. The number of hydrogen-bond donors (Lipinski definition) is 0. The Morgan fingerprint density at radius 2 is 1.62 bits per heavy atom. The number of para-hydroxylation sites is 1. The van der Waals surface area contributed by atoms with Crippen LogP contribution >= 0.6 is 23.2 Å². The van der Waals surface area contributed by atoms with Crippen molar-refractivity contribution in [2.45, 2.75) is 0 Å². The predicted octanol–water partition coefficient (Wildman–Crippen LogP) is 5.16. The minimum Gasteiger partial charge on any atom is -0.495 e. The highest BCUT2D eigenvalue weighted by molar-refractivity contribution is 6.32. The Morgan fingerprint density at radius 1 is 0.923 bits per heavy atom. The number of nitrogens with zero attached hydrogens (tertiary/aromatic N) is 5. The lowest BCUT2D eigenvalue weighted by atomic mass is 10.1. The maximum absolute atomic E-state index is 14.1. The largest absolute Gasteiger partial charge is 0.495 e. The topological polar surface area (TPSA) is 72.6 Å². The highest BCUT2D eigenvalue weighted by Crippen LogP contribution is 2.31. The van der Waals surface area contributed by atoms with Crippen LogP contribution in [0.25, 0.3) is 27.5 Å². The van der Waals surface area contributed by atoms with Gasteiger partial charge in [0.25, 0.3) is 11.5 Å². The summed E-state index contributed by atoms with van der Waals surface area (Å²) < 4.78 is 8.35. The lowest BCUT2D eigenvalue weighted by molar-refractivity contribution is 0.0741. The van der Waals surface area contributed by atoms with Gasteiger partial charge in [0, 0.05) is 60.2 Å². The number of carbonyl (C=O) groups is 1. The molecular weight excluding hydrogens is 537 g/mol. The van der Waals surface area contributed by atoms with E-state index in [0.29, 0.717) is 58.6 Å². The van der Waals surface area contributed by atoms with Gasteiger partial charge in [-0.05, 0) is 48.5 Å². The Kier molecular flexibility index (Phi) is 6.45. The van der Waals surface area contributed by atoms with E-state index >= 15 is 0 Å². The van der Waals surface area contributed by atoms with Crippen molar-refractivity contribution in [3.05, 3.63) is 92.8 Å². The Hall–Kier alpha value is -4.01. The van der Waals surface area contributed by atoms with Crippen LogP contribution in [-0.2, 0) is 7.05 Å².